The topological polar surface area (TPSA) is 90.4 Å². The molecule has 0 saturated heterocycles. The van der Waals surface area contributed by atoms with E-state index in [0.717, 1.165) is 11.1 Å². The highest BCUT2D eigenvalue weighted by molar-refractivity contribution is 7.92. The van der Waals surface area contributed by atoms with Gasteiger partial charge in [0.15, 0.2) is 17.2 Å². The lowest BCUT2D eigenvalue weighted by Crippen LogP contribution is -2.15. The summed E-state index contributed by atoms with van der Waals surface area (Å²) in [5, 5.41) is 0. The van der Waals surface area contributed by atoms with Gasteiger partial charge in [-0.25, -0.2) is 23.1 Å². The van der Waals surface area contributed by atoms with Crippen molar-refractivity contribution in [2.24, 2.45) is 0 Å². The molecule has 0 aliphatic rings. The molecule has 1 aromatic heterocycles. The lowest BCUT2D eigenvalue weighted by atomic mass is 10.0. The van der Waals surface area contributed by atoms with Gasteiger partial charge in [-0.1, -0.05) is 32.0 Å². The third-order valence-corrected chi connectivity index (χ3v) is 5.60. The van der Waals surface area contributed by atoms with Crippen molar-refractivity contribution in [2.45, 2.75) is 31.6 Å². The van der Waals surface area contributed by atoms with Crippen molar-refractivity contribution in [3.8, 4) is 17.2 Å². The van der Waals surface area contributed by atoms with Gasteiger partial charge in [-0.05, 0) is 48.2 Å². The molecule has 152 valence electrons. The Kier molecular flexibility index (Phi) is 6.03. The summed E-state index contributed by atoms with van der Waals surface area (Å²) < 4.78 is 38.5. The third-order valence-electron chi connectivity index (χ3n) is 4.26. The molecule has 0 atom stereocenters. The van der Waals surface area contributed by atoms with E-state index in [1.807, 2.05) is 32.9 Å². The van der Waals surface area contributed by atoms with Crippen LogP contribution in [0.3, 0.4) is 0 Å². The molecular formula is C21H23N3O4S. The minimum Gasteiger partial charge on any atom is -0.493 e. The molecule has 0 saturated carbocycles. The average molecular weight is 413 g/mol. The Morgan fingerprint density at radius 1 is 0.966 bits per heavy atom. The number of nitrogens with one attached hydrogen (secondary N) is 1. The van der Waals surface area contributed by atoms with E-state index in [2.05, 4.69) is 14.7 Å². The molecule has 2 aromatic carbocycles. The first-order valence-electron chi connectivity index (χ1n) is 9.06. The first-order chi connectivity index (χ1) is 13.8. The number of sulfonamides is 1. The van der Waals surface area contributed by atoms with Gasteiger partial charge in [0, 0.05) is 0 Å². The smallest absolute Gasteiger partial charge is 0.264 e. The minimum atomic E-state index is -3.78. The first kappa shape index (κ1) is 20.6. The number of rotatable bonds is 7. The zero-order chi connectivity index (χ0) is 21.0. The fourth-order valence-electron chi connectivity index (χ4n) is 2.62. The molecule has 1 heterocycles. The van der Waals surface area contributed by atoms with Gasteiger partial charge < -0.3 is 9.47 Å². The second-order valence-electron chi connectivity index (χ2n) is 6.83. The summed E-state index contributed by atoms with van der Waals surface area (Å²) >= 11 is 0. The Morgan fingerprint density at radius 2 is 1.62 bits per heavy atom. The summed E-state index contributed by atoms with van der Waals surface area (Å²) in [6, 6.07) is 12.3. The van der Waals surface area contributed by atoms with Crippen LogP contribution in [0.1, 0.15) is 30.9 Å². The number of hydrogen-bond acceptors (Lipinski definition) is 6. The van der Waals surface area contributed by atoms with Gasteiger partial charge in [0.25, 0.3) is 10.0 Å². The van der Waals surface area contributed by atoms with Gasteiger partial charge in [-0.2, -0.15) is 0 Å². The van der Waals surface area contributed by atoms with Crippen molar-refractivity contribution in [3.63, 3.8) is 0 Å². The van der Waals surface area contributed by atoms with E-state index in [-0.39, 0.29) is 10.8 Å². The maximum absolute atomic E-state index is 12.5. The van der Waals surface area contributed by atoms with E-state index in [9.17, 15) is 8.42 Å². The summed E-state index contributed by atoms with van der Waals surface area (Å²) in [6.07, 6.45) is 2.79. The van der Waals surface area contributed by atoms with Crippen molar-refractivity contribution >= 4 is 16.0 Å². The number of aromatic nitrogens is 2. The summed E-state index contributed by atoms with van der Waals surface area (Å²) in [5.41, 5.74) is 2.10. The highest BCUT2D eigenvalue weighted by atomic mass is 32.2. The average Bonchev–Trinajstić information content (AvgIpc) is 2.70. The Hall–Kier alpha value is -3.13. The van der Waals surface area contributed by atoms with Crippen LogP contribution in [-0.2, 0) is 10.0 Å². The number of ether oxygens (including phenoxy) is 2. The predicted octanol–water partition coefficient (Wildman–Crippen LogP) is 4.51. The Balaban J connectivity index is 1.73. The number of nitrogens with zero attached hydrogens (tertiary/aromatic N) is 2. The molecule has 0 aliphatic carbocycles. The van der Waals surface area contributed by atoms with Gasteiger partial charge in [0.1, 0.15) is 0 Å². The fraction of sp³-hybridized carbons (Fsp3) is 0.238. The summed E-state index contributed by atoms with van der Waals surface area (Å²) in [7, 11) is -2.22. The quantitative estimate of drug-likeness (QED) is 0.613. The molecule has 0 radical (unpaired) electrons. The number of anilines is 1. The molecular weight excluding hydrogens is 390 g/mol. The van der Waals surface area contributed by atoms with Crippen molar-refractivity contribution < 1.29 is 17.9 Å². The fourth-order valence-corrected chi connectivity index (χ4v) is 3.58. The number of aryl methyl sites for hydroxylation is 1. The zero-order valence-corrected chi connectivity index (χ0v) is 17.5. The van der Waals surface area contributed by atoms with Crippen LogP contribution in [-0.4, -0.2) is 25.5 Å². The third kappa shape index (κ3) is 5.03. The monoisotopic (exact) mass is 413 g/mol. The van der Waals surface area contributed by atoms with Crippen LogP contribution >= 0.6 is 0 Å². The molecule has 0 unspecified atom stereocenters. The summed E-state index contributed by atoms with van der Waals surface area (Å²) in [4.78, 5) is 8.22. The van der Waals surface area contributed by atoms with Crippen molar-refractivity contribution in [2.75, 3.05) is 11.8 Å². The van der Waals surface area contributed by atoms with E-state index < -0.39 is 10.0 Å². The van der Waals surface area contributed by atoms with Crippen molar-refractivity contribution in [1.29, 1.82) is 0 Å². The molecule has 0 amide bonds. The van der Waals surface area contributed by atoms with Crippen LogP contribution in [0.15, 0.2) is 59.8 Å². The van der Waals surface area contributed by atoms with Crippen LogP contribution in [0, 0.1) is 6.92 Å². The molecule has 0 bridgehead atoms. The maximum atomic E-state index is 12.5. The zero-order valence-electron chi connectivity index (χ0n) is 16.7. The van der Waals surface area contributed by atoms with E-state index in [1.165, 1.54) is 12.4 Å². The van der Waals surface area contributed by atoms with Gasteiger partial charge >= 0.3 is 0 Å². The summed E-state index contributed by atoms with van der Waals surface area (Å²) in [5.74, 6) is 1.74. The van der Waals surface area contributed by atoms with Crippen LogP contribution < -0.4 is 14.2 Å². The number of hydrogen-bond donors (Lipinski definition) is 1. The van der Waals surface area contributed by atoms with Gasteiger partial charge in [0.2, 0.25) is 5.95 Å². The lowest BCUT2D eigenvalue weighted by Gasteiger charge is -2.11. The second kappa shape index (κ2) is 8.48. The van der Waals surface area contributed by atoms with Gasteiger partial charge in [-0.15, -0.1) is 0 Å². The largest absolute Gasteiger partial charge is 0.493 e. The maximum Gasteiger partial charge on any atom is 0.264 e. The highest BCUT2D eigenvalue weighted by Gasteiger charge is 2.16. The van der Waals surface area contributed by atoms with Gasteiger partial charge in [0.05, 0.1) is 24.4 Å². The van der Waals surface area contributed by atoms with E-state index in [1.54, 1.807) is 37.4 Å². The minimum absolute atomic E-state index is 0.0406. The van der Waals surface area contributed by atoms with E-state index in [0.29, 0.717) is 23.2 Å². The number of benzene rings is 2. The Bertz CT molecular complexity index is 1080. The predicted molar refractivity (Wildman–Crippen MR) is 111 cm³/mol. The molecule has 8 heteroatoms. The van der Waals surface area contributed by atoms with Crippen molar-refractivity contribution in [1.82, 2.24) is 9.97 Å². The Labute approximate surface area is 170 Å². The van der Waals surface area contributed by atoms with Crippen LogP contribution in [0.5, 0.6) is 17.2 Å². The molecule has 1 N–H and O–H groups in total. The first-order valence-corrected chi connectivity index (χ1v) is 10.5. The van der Waals surface area contributed by atoms with Gasteiger partial charge in [-0.3, -0.25) is 0 Å². The summed E-state index contributed by atoms with van der Waals surface area (Å²) in [6.45, 7) is 6.05. The molecule has 0 fully saturated rings. The SMILES string of the molecule is COc1cc(C)ccc1Oc1cnc(NS(=O)(=O)c2ccc(C(C)C)cc2)nc1. The standard InChI is InChI=1S/C21H23N3O4S/c1-14(2)16-6-8-18(9-7-16)29(25,26)24-21-22-12-17(13-23-21)28-19-10-5-15(3)11-20(19)27-4/h5-14H,1-4H3,(H,22,23,24). The molecule has 3 rings (SSSR count). The van der Waals surface area contributed by atoms with E-state index >= 15 is 0 Å². The van der Waals surface area contributed by atoms with Crippen molar-refractivity contribution in [3.05, 3.63) is 66.0 Å². The van der Waals surface area contributed by atoms with Crippen LogP contribution in [0.25, 0.3) is 0 Å². The molecule has 7 nitrogen and oxygen atoms in total. The molecule has 3 aromatic rings. The number of methoxy groups -OCH3 is 1. The van der Waals surface area contributed by atoms with E-state index in [4.69, 9.17) is 9.47 Å². The molecule has 0 spiro atoms. The molecule has 0 aliphatic heterocycles. The molecule has 29 heavy (non-hydrogen) atoms. The van der Waals surface area contributed by atoms with Crippen LogP contribution in [0.2, 0.25) is 0 Å². The lowest BCUT2D eigenvalue weighted by molar-refractivity contribution is 0.377. The Morgan fingerprint density at radius 3 is 2.21 bits per heavy atom. The van der Waals surface area contributed by atoms with Crippen LogP contribution in [0.4, 0.5) is 5.95 Å². The highest BCUT2D eigenvalue weighted by Crippen LogP contribution is 2.31. The second-order valence-corrected chi connectivity index (χ2v) is 8.51. The normalized spacial score (nSPS) is 11.3.